The first kappa shape index (κ1) is 7.98. The van der Waals surface area contributed by atoms with E-state index in [1.165, 1.54) is 0 Å². The van der Waals surface area contributed by atoms with Crippen molar-refractivity contribution in [3.05, 3.63) is 0 Å². The molecule has 0 aromatic heterocycles. The molecule has 1 aliphatic heterocycles. The van der Waals surface area contributed by atoms with Gasteiger partial charge in [-0.25, -0.2) is 0 Å². The third-order valence-corrected chi connectivity index (χ3v) is 1.71. The highest BCUT2D eigenvalue weighted by Crippen LogP contribution is 2.10. The lowest BCUT2D eigenvalue weighted by molar-refractivity contribution is -0.0913. The number of aliphatic hydroxyl groups is 1. The first-order valence-corrected chi connectivity index (χ1v) is 3.67. The van der Waals surface area contributed by atoms with Crippen molar-refractivity contribution >= 4 is 0 Å². The third kappa shape index (κ3) is 1.94. The zero-order chi connectivity index (χ0) is 7.56. The van der Waals surface area contributed by atoms with Crippen molar-refractivity contribution in [1.82, 2.24) is 4.90 Å². The van der Waals surface area contributed by atoms with Crippen molar-refractivity contribution in [3.63, 3.8) is 0 Å². The molecule has 1 fully saturated rings. The molecular formula is C7H15NO2. The summed E-state index contributed by atoms with van der Waals surface area (Å²) < 4.78 is 5.41. The van der Waals surface area contributed by atoms with Gasteiger partial charge in [0.25, 0.3) is 0 Å². The van der Waals surface area contributed by atoms with E-state index in [1.807, 2.05) is 6.92 Å². The minimum absolute atomic E-state index is 0.00120. The Balaban J connectivity index is 2.04. The molecule has 0 aromatic carbocycles. The van der Waals surface area contributed by atoms with Crippen molar-refractivity contribution < 1.29 is 9.84 Å². The van der Waals surface area contributed by atoms with Gasteiger partial charge < -0.3 is 14.7 Å². The van der Waals surface area contributed by atoms with Crippen LogP contribution in [0.3, 0.4) is 0 Å². The number of rotatable bonds is 3. The molecule has 0 aromatic rings. The molecule has 1 saturated heterocycles. The summed E-state index contributed by atoms with van der Waals surface area (Å²) in [6.07, 6.45) is 0.353. The van der Waals surface area contributed by atoms with Gasteiger partial charge in [-0.05, 0) is 14.0 Å². The number of hydrogen-bond acceptors (Lipinski definition) is 3. The van der Waals surface area contributed by atoms with E-state index in [4.69, 9.17) is 9.84 Å². The normalized spacial score (nSPS) is 24.3. The van der Waals surface area contributed by atoms with Crippen LogP contribution in [-0.4, -0.2) is 49.0 Å². The van der Waals surface area contributed by atoms with E-state index in [2.05, 4.69) is 11.9 Å². The van der Waals surface area contributed by atoms with E-state index < -0.39 is 0 Å². The second-order valence-electron chi connectivity index (χ2n) is 2.97. The average molecular weight is 145 g/mol. The predicted octanol–water partition coefficient (Wildman–Crippen LogP) is -0.302. The maximum absolute atomic E-state index is 8.63. The quantitative estimate of drug-likeness (QED) is 0.591. The molecule has 1 rings (SSSR count). The maximum Gasteiger partial charge on any atom is 0.0833 e. The predicted molar refractivity (Wildman–Crippen MR) is 38.9 cm³/mol. The Morgan fingerprint density at radius 2 is 2.30 bits per heavy atom. The molecule has 1 heterocycles. The van der Waals surface area contributed by atoms with E-state index in [9.17, 15) is 0 Å². The molecule has 1 aliphatic rings. The number of likely N-dealkylation sites (N-methyl/N-ethyl adjacent to an activating group) is 1. The lowest BCUT2D eigenvalue weighted by Crippen LogP contribution is -2.51. The van der Waals surface area contributed by atoms with Crippen molar-refractivity contribution in [1.29, 1.82) is 0 Å². The second-order valence-corrected chi connectivity index (χ2v) is 2.97. The molecular weight excluding hydrogens is 130 g/mol. The standard InChI is InChI=1S/C7H15NO2/c1-6(5-9)10-7-3-8(2)4-7/h6-7,9H,3-5H2,1-2H3/t6-/m0/s1. The zero-order valence-corrected chi connectivity index (χ0v) is 6.58. The highest BCUT2D eigenvalue weighted by molar-refractivity contribution is 4.77. The van der Waals surface area contributed by atoms with Crippen LogP contribution < -0.4 is 0 Å². The Bertz CT molecular complexity index is 102. The molecule has 0 amide bonds. The van der Waals surface area contributed by atoms with Crippen molar-refractivity contribution in [2.75, 3.05) is 26.7 Å². The summed E-state index contributed by atoms with van der Waals surface area (Å²) in [5, 5.41) is 8.63. The summed E-state index contributed by atoms with van der Waals surface area (Å²) in [6.45, 7) is 4.02. The fourth-order valence-corrected chi connectivity index (χ4v) is 1.10. The van der Waals surface area contributed by atoms with Gasteiger partial charge in [0.1, 0.15) is 0 Å². The summed E-state index contributed by atoms with van der Waals surface area (Å²) in [5.41, 5.74) is 0. The Labute approximate surface area is 61.6 Å². The number of hydrogen-bond donors (Lipinski definition) is 1. The molecule has 0 radical (unpaired) electrons. The van der Waals surface area contributed by atoms with Crippen molar-refractivity contribution in [3.8, 4) is 0 Å². The van der Waals surface area contributed by atoms with Gasteiger partial charge in [0, 0.05) is 13.1 Å². The summed E-state index contributed by atoms with van der Waals surface area (Å²) >= 11 is 0. The van der Waals surface area contributed by atoms with Gasteiger partial charge >= 0.3 is 0 Å². The molecule has 1 N–H and O–H groups in total. The highest BCUT2D eigenvalue weighted by Gasteiger charge is 2.24. The molecule has 0 aliphatic carbocycles. The minimum atomic E-state index is -0.00120. The Morgan fingerprint density at radius 1 is 1.70 bits per heavy atom. The summed E-state index contributed by atoms with van der Waals surface area (Å²) in [4.78, 5) is 2.19. The summed E-state index contributed by atoms with van der Waals surface area (Å²) in [5.74, 6) is 0. The van der Waals surface area contributed by atoms with E-state index in [0.717, 1.165) is 13.1 Å². The second kappa shape index (κ2) is 3.32. The Hall–Kier alpha value is -0.120. The third-order valence-electron chi connectivity index (χ3n) is 1.71. The van der Waals surface area contributed by atoms with Gasteiger partial charge in [-0.2, -0.15) is 0 Å². The van der Waals surface area contributed by atoms with Crippen LogP contribution in [0, 0.1) is 0 Å². The fraction of sp³-hybridized carbons (Fsp3) is 1.00. The maximum atomic E-state index is 8.63. The van der Waals surface area contributed by atoms with Gasteiger partial charge in [0.05, 0.1) is 18.8 Å². The number of likely N-dealkylation sites (tertiary alicyclic amines) is 1. The molecule has 3 nitrogen and oxygen atoms in total. The van der Waals surface area contributed by atoms with E-state index in [-0.39, 0.29) is 12.7 Å². The van der Waals surface area contributed by atoms with Gasteiger partial charge in [-0.15, -0.1) is 0 Å². The van der Waals surface area contributed by atoms with Gasteiger partial charge in [-0.3, -0.25) is 0 Å². The van der Waals surface area contributed by atoms with Crippen LogP contribution in [-0.2, 0) is 4.74 Å². The van der Waals surface area contributed by atoms with Crippen LogP contribution in [0.4, 0.5) is 0 Å². The SMILES string of the molecule is C[C@@H](CO)OC1CN(C)C1. The lowest BCUT2D eigenvalue weighted by Gasteiger charge is -2.37. The van der Waals surface area contributed by atoms with E-state index in [0.29, 0.717) is 6.10 Å². The van der Waals surface area contributed by atoms with Crippen molar-refractivity contribution in [2.45, 2.75) is 19.1 Å². The van der Waals surface area contributed by atoms with E-state index in [1.54, 1.807) is 0 Å². The zero-order valence-electron chi connectivity index (χ0n) is 6.58. The Morgan fingerprint density at radius 3 is 2.70 bits per heavy atom. The minimum Gasteiger partial charge on any atom is -0.394 e. The van der Waals surface area contributed by atoms with Crippen LogP contribution in [0.15, 0.2) is 0 Å². The van der Waals surface area contributed by atoms with Crippen LogP contribution in [0.2, 0.25) is 0 Å². The molecule has 0 bridgehead atoms. The van der Waals surface area contributed by atoms with Gasteiger partial charge in [-0.1, -0.05) is 0 Å². The number of aliphatic hydroxyl groups excluding tert-OH is 1. The topological polar surface area (TPSA) is 32.7 Å². The molecule has 0 unspecified atom stereocenters. The number of ether oxygens (including phenoxy) is 1. The lowest BCUT2D eigenvalue weighted by atomic mass is 10.2. The van der Waals surface area contributed by atoms with Crippen LogP contribution in [0.5, 0.6) is 0 Å². The first-order chi connectivity index (χ1) is 4.72. The van der Waals surface area contributed by atoms with E-state index >= 15 is 0 Å². The van der Waals surface area contributed by atoms with Gasteiger partial charge in [0.2, 0.25) is 0 Å². The Kier molecular flexibility index (Phi) is 2.65. The van der Waals surface area contributed by atoms with Crippen LogP contribution in [0.1, 0.15) is 6.92 Å². The van der Waals surface area contributed by atoms with Crippen LogP contribution >= 0.6 is 0 Å². The molecule has 10 heavy (non-hydrogen) atoms. The monoisotopic (exact) mass is 145 g/mol. The molecule has 0 spiro atoms. The highest BCUT2D eigenvalue weighted by atomic mass is 16.5. The summed E-state index contributed by atoms with van der Waals surface area (Å²) in [7, 11) is 2.06. The van der Waals surface area contributed by atoms with Gasteiger partial charge in [0.15, 0.2) is 0 Å². The first-order valence-electron chi connectivity index (χ1n) is 3.67. The largest absolute Gasteiger partial charge is 0.394 e. The van der Waals surface area contributed by atoms with Crippen LogP contribution in [0.25, 0.3) is 0 Å². The molecule has 60 valence electrons. The molecule has 3 heteroatoms. The molecule has 0 saturated carbocycles. The smallest absolute Gasteiger partial charge is 0.0833 e. The summed E-state index contributed by atoms with van der Waals surface area (Å²) in [6, 6.07) is 0. The number of nitrogens with zero attached hydrogens (tertiary/aromatic N) is 1. The molecule has 1 atom stereocenters. The fourth-order valence-electron chi connectivity index (χ4n) is 1.10. The van der Waals surface area contributed by atoms with Crippen molar-refractivity contribution in [2.24, 2.45) is 0 Å². The average Bonchev–Trinajstić information content (AvgIpc) is 1.84.